The third-order valence-electron chi connectivity index (χ3n) is 4.93. The fourth-order valence-corrected chi connectivity index (χ4v) is 4.09. The minimum absolute atomic E-state index is 0.0130. The van der Waals surface area contributed by atoms with Gasteiger partial charge in [0.15, 0.2) is 0 Å². The number of ether oxygens (including phenoxy) is 1. The maximum absolute atomic E-state index is 13.5. The first-order chi connectivity index (χ1) is 9.22. The number of nitrogens with one attached hydrogen (secondary N) is 1. The van der Waals surface area contributed by atoms with Crippen LogP contribution in [0.2, 0.25) is 0 Å². The first-order valence-corrected chi connectivity index (χ1v) is 7.02. The molecular weight excluding hydrogens is 243 g/mol. The summed E-state index contributed by atoms with van der Waals surface area (Å²) < 4.78 is 18.9. The summed E-state index contributed by atoms with van der Waals surface area (Å²) in [5, 5.41) is 0. The molecule has 4 unspecified atom stereocenters. The summed E-state index contributed by atoms with van der Waals surface area (Å²) in [4.78, 5) is 0. The van der Waals surface area contributed by atoms with Crippen molar-refractivity contribution in [1.29, 1.82) is 0 Å². The standard InChI is InChI=1S/C15H21FN2O/c1-19-14-5-4-11(16)8-13(14)15(18-17)12-7-9-2-3-10(12)6-9/h4-5,8-10,12,15,18H,2-3,6-7,17H2,1H3. The quantitative estimate of drug-likeness (QED) is 0.649. The second kappa shape index (κ2) is 5.10. The molecule has 4 atom stereocenters. The highest BCUT2D eigenvalue weighted by molar-refractivity contribution is 5.37. The van der Waals surface area contributed by atoms with Crippen LogP contribution in [0.15, 0.2) is 18.2 Å². The van der Waals surface area contributed by atoms with Crippen molar-refractivity contribution in [3.63, 3.8) is 0 Å². The highest BCUT2D eigenvalue weighted by Gasteiger charge is 2.43. The topological polar surface area (TPSA) is 47.3 Å². The first kappa shape index (κ1) is 12.9. The molecule has 2 bridgehead atoms. The number of hydrogen-bond donors (Lipinski definition) is 2. The minimum atomic E-state index is -0.237. The lowest BCUT2D eigenvalue weighted by Gasteiger charge is -2.31. The lowest BCUT2D eigenvalue weighted by atomic mass is 9.80. The minimum Gasteiger partial charge on any atom is -0.496 e. The fraction of sp³-hybridized carbons (Fsp3) is 0.600. The van der Waals surface area contributed by atoms with Gasteiger partial charge in [-0.15, -0.1) is 0 Å². The van der Waals surface area contributed by atoms with E-state index in [4.69, 9.17) is 10.6 Å². The molecule has 0 heterocycles. The SMILES string of the molecule is COc1ccc(F)cc1C(NN)C1CC2CCC1C2. The summed E-state index contributed by atoms with van der Waals surface area (Å²) in [7, 11) is 1.62. The van der Waals surface area contributed by atoms with E-state index in [0.717, 1.165) is 17.4 Å². The van der Waals surface area contributed by atoms with Crippen LogP contribution in [0, 0.1) is 23.6 Å². The van der Waals surface area contributed by atoms with Crippen LogP contribution in [0.3, 0.4) is 0 Å². The summed E-state index contributed by atoms with van der Waals surface area (Å²) in [5.41, 5.74) is 3.75. The van der Waals surface area contributed by atoms with Gasteiger partial charge in [-0.2, -0.15) is 0 Å². The molecule has 0 amide bonds. The number of fused-ring (bicyclic) bond motifs is 2. The van der Waals surface area contributed by atoms with E-state index in [2.05, 4.69) is 5.43 Å². The van der Waals surface area contributed by atoms with Gasteiger partial charge in [0.25, 0.3) is 0 Å². The number of hydrazine groups is 1. The van der Waals surface area contributed by atoms with Crippen LogP contribution < -0.4 is 16.0 Å². The van der Waals surface area contributed by atoms with Gasteiger partial charge in [0.1, 0.15) is 11.6 Å². The Bertz CT molecular complexity index is 465. The van der Waals surface area contributed by atoms with Crippen molar-refractivity contribution >= 4 is 0 Å². The molecule has 3 nitrogen and oxygen atoms in total. The average Bonchev–Trinajstić information content (AvgIpc) is 3.03. The summed E-state index contributed by atoms with van der Waals surface area (Å²) in [5.74, 6) is 8.30. The Morgan fingerprint density at radius 3 is 2.79 bits per heavy atom. The Hall–Kier alpha value is -1.13. The van der Waals surface area contributed by atoms with Gasteiger partial charge in [-0.1, -0.05) is 6.42 Å². The predicted molar refractivity (Wildman–Crippen MR) is 72.0 cm³/mol. The maximum Gasteiger partial charge on any atom is 0.123 e. The van der Waals surface area contributed by atoms with Crippen LogP contribution in [-0.2, 0) is 0 Å². The number of methoxy groups -OCH3 is 1. The Morgan fingerprint density at radius 2 is 2.21 bits per heavy atom. The summed E-state index contributed by atoms with van der Waals surface area (Å²) in [6.45, 7) is 0. The summed E-state index contributed by atoms with van der Waals surface area (Å²) in [6.07, 6.45) is 5.13. The van der Waals surface area contributed by atoms with Gasteiger partial charge in [0, 0.05) is 5.56 Å². The number of rotatable bonds is 4. The van der Waals surface area contributed by atoms with E-state index in [1.54, 1.807) is 19.2 Å². The van der Waals surface area contributed by atoms with E-state index in [9.17, 15) is 4.39 Å². The van der Waals surface area contributed by atoms with E-state index in [-0.39, 0.29) is 11.9 Å². The van der Waals surface area contributed by atoms with Crippen molar-refractivity contribution in [1.82, 2.24) is 5.43 Å². The van der Waals surface area contributed by atoms with E-state index >= 15 is 0 Å². The maximum atomic E-state index is 13.5. The highest BCUT2D eigenvalue weighted by Crippen LogP contribution is 2.53. The Kier molecular flexibility index (Phi) is 3.46. The molecule has 0 saturated heterocycles. The Labute approximate surface area is 113 Å². The van der Waals surface area contributed by atoms with Gasteiger partial charge in [-0.05, 0) is 55.2 Å². The molecule has 2 saturated carbocycles. The second-order valence-corrected chi connectivity index (χ2v) is 5.87. The van der Waals surface area contributed by atoms with Crippen LogP contribution in [0.25, 0.3) is 0 Å². The van der Waals surface area contributed by atoms with E-state index in [1.807, 2.05) is 0 Å². The van der Waals surface area contributed by atoms with Crippen molar-refractivity contribution in [3.8, 4) is 5.75 Å². The summed E-state index contributed by atoms with van der Waals surface area (Å²) in [6, 6.07) is 4.65. The van der Waals surface area contributed by atoms with Crippen LogP contribution in [0.5, 0.6) is 5.75 Å². The lowest BCUT2D eigenvalue weighted by molar-refractivity contribution is 0.246. The zero-order chi connectivity index (χ0) is 13.4. The zero-order valence-electron chi connectivity index (χ0n) is 11.2. The molecule has 2 aliphatic rings. The van der Waals surface area contributed by atoms with Gasteiger partial charge >= 0.3 is 0 Å². The molecule has 3 rings (SSSR count). The first-order valence-electron chi connectivity index (χ1n) is 7.02. The average molecular weight is 264 g/mol. The smallest absolute Gasteiger partial charge is 0.123 e. The van der Waals surface area contributed by atoms with Crippen molar-refractivity contribution in [3.05, 3.63) is 29.6 Å². The number of halogens is 1. The molecule has 0 spiro atoms. The molecule has 1 aromatic rings. The molecular formula is C15H21FN2O. The monoisotopic (exact) mass is 264 g/mol. The highest BCUT2D eigenvalue weighted by atomic mass is 19.1. The number of hydrogen-bond acceptors (Lipinski definition) is 3. The second-order valence-electron chi connectivity index (χ2n) is 5.87. The zero-order valence-corrected chi connectivity index (χ0v) is 11.2. The lowest BCUT2D eigenvalue weighted by Crippen LogP contribution is -2.36. The van der Waals surface area contributed by atoms with Crippen LogP contribution in [-0.4, -0.2) is 7.11 Å². The molecule has 104 valence electrons. The number of nitrogens with two attached hydrogens (primary N) is 1. The molecule has 0 radical (unpaired) electrons. The van der Waals surface area contributed by atoms with Crippen molar-refractivity contribution in [2.75, 3.05) is 7.11 Å². The largest absolute Gasteiger partial charge is 0.496 e. The molecule has 19 heavy (non-hydrogen) atoms. The molecule has 0 aromatic heterocycles. The summed E-state index contributed by atoms with van der Waals surface area (Å²) >= 11 is 0. The van der Waals surface area contributed by atoms with Gasteiger partial charge in [-0.25, -0.2) is 4.39 Å². The predicted octanol–water partition coefficient (Wildman–Crippen LogP) is 2.77. The Balaban J connectivity index is 1.91. The van der Waals surface area contributed by atoms with E-state index in [0.29, 0.717) is 11.7 Å². The number of benzene rings is 1. The van der Waals surface area contributed by atoms with Gasteiger partial charge in [0.05, 0.1) is 13.2 Å². The van der Waals surface area contributed by atoms with Crippen LogP contribution in [0.4, 0.5) is 4.39 Å². The fourth-order valence-electron chi connectivity index (χ4n) is 4.09. The van der Waals surface area contributed by atoms with Gasteiger partial charge in [-0.3, -0.25) is 11.3 Å². The van der Waals surface area contributed by atoms with Crippen molar-refractivity contribution < 1.29 is 9.13 Å². The third kappa shape index (κ3) is 2.23. The van der Waals surface area contributed by atoms with Gasteiger partial charge in [0.2, 0.25) is 0 Å². The third-order valence-corrected chi connectivity index (χ3v) is 4.93. The normalized spacial score (nSPS) is 30.6. The van der Waals surface area contributed by atoms with Crippen LogP contribution in [0.1, 0.15) is 37.3 Å². The van der Waals surface area contributed by atoms with Crippen LogP contribution >= 0.6 is 0 Å². The molecule has 4 heteroatoms. The molecule has 1 aromatic carbocycles. The van der Waals surface area contributed by atoms with Gasteiger partial charge < -0.3 is 4.74 Å². The van der Waals surface area contributed by atoms with Crippen molar-refractivity contribution in [2.24, 2.45) is 23.6 Å². The van der Waals surface area contributed by atoms with E-state index in [1.165, 1.54) is 31.7 Å². The molecule has 3 N–H and O–H groups in total. The molecule has 2 fully saturated rings. The Morgan fingerprint density at radius 1 is 1.37 bits per heavy atom. The van der Waals surface area contributed by atoms with E-state index < -0.39 is 0 Å². The molecule has 2 aliphatic carbocycles. The molecule has 0 aliphatic heterocycles. The van der Waals surface area contributed by atoms with Crippen molar-refractivity contribution in [2.45, 2.75) is 31.7 Å².